The molecular weight excluding hydrogens is 318 g/mol. The van der Waals surface area contributed by atoms with Gasteiger partial charge in [0.15, 0.2) is 0 Å². The molecule has 2 N–H and O–H groups in total. The summed E-state index contributed by atoms with van der Waals surface area (Å²) < 4.78 is 0. The molecule has 0 heterocycles. The van der Waals surface area contributed by atoms with Crippen LogP contribution in [0.4, 0.5) is 17.1 Å². The molecule has 0 saturated heterocycles. The Morgan fingerprint density at radius 2 is 1.83 bits per heavy atom. The number of nitrogens with zero attached hydrogens (tertiary/aromatic N) is 1. The maximum absolute atomic E-state index is 11.8. The Hall–Kier alpha value is -2.60. The first-order valence-electron chi connectivity index (χ1n) is 7.09. The van der Waals surface area contributed by atoms with Gasteiger partial charge >= 0.3 is 0 Å². The van der Waals surface area contributed by atoms with Crippen LogP contribution in [-0.2, 0) is 4.79 Å². The molecule has 2 aromatic rings. The van der Waals surface area contributed by atoms with Crippen molar-refractivity contribution in [3.63, 3.8) is 0 Å². The van der Waals surface area contributed by atoms with E-state index in [4.69, 9.17) is 11.6 Å². The molecule has 0 aliphatic carbocycles. The number of amides is 1. The van der Waals surface area contributed by atoms with E-state index in [0.29, 0.717) is 30.1 Å². The number of hydrogen-bond donors (Lipinski definition) is 2. The molecule has 1 amide bonds. The highest BCUT2D eigenvalue weighted by molar-refractivity contribution is 6.33. The molecular formula is C16H16ClN3O3. The third kappa shape index (κ3) is 5.27. The number of carbonyl (C=O) groups excluding carboxylic acids is 1. The lowest BCUT2D eigenvalue weighted by molar-refractivity contribution is -0.384. The van der Waals surface area contributed by atoms with Crippen molar-refractivity contribution in [1.82, 2.24) is 0 Å². The number of anilines is 2. The van der Waals surface area contributed by atoms with Crippen LogP contribution in [0.15, 0.2) is 48.5 Å². The van der Waals surface area contributed by atoms with E-state index in [9.17, 15) is 14.9 Å². The first-order chi connectivity index (χ1) is 11.1. The molecule has 0 aliphatic rings. The number of nitro groups is 1. The van der Waals surface area contributed by atoms with Crippen LogP contribution in [-0.4, -0.2) is 17.4 Å². The van der Waals surface area contributed by atoms with Crippen molar-refractivity contribution in [2.45, 2.75) is 12.8 Å². The standard InChI is InChI=1S/C16H16ClN3O3/c17-14-4-1-2-5-15(14)19-16(21)6-3-11-18-12-7-9-13(10-8-12)20(22)23/h1-2,4-5,7-10,18H,3,6,11H2,(H,19,21). The zero-order valence-electron chi connectivity index (χ0n) is 12.3. The fourth-order valence-corrected chi connectivity index (χ4v) is 2.14. The average Bonchev–Trinajstić information content (AvgIpc) is 2.54. The predicted octanol–water partition coefficient (Wildman–Crippen LogP) is 4.08. The molecule has 23 heavy (non-hydrogen) atoms. The lowest BCUT2D eigenvalue weighted by Crippen LogP contribution is -2.13. The summed E-state index contributed by atoms with van der Waals surface area (Å²) in [4.78, 5) is 21.9. The van der Waals surface area contributed by atoms with Crippen molar-refractivity contribution in [3.05, 3.63) is 63.7 Å². The highest BCUT2D eigenvalue weighted by Gasteiger charge is 2.06. The quantitative estimate of drug-likeness (QED) is 0.454. The van der Waals surface area contributed by atoms with Crippen LogP contribution in [0.5, 0.6) is 0 Å². The molecule has 0 spiro atoms. The van der Waals surface area contributed by atoms with Crippen molar-refractivity contribution < 1.29 is 9.72 Å². The number of halogens is 1. The van der Waals surface area contributed by atoms with Gasteiger partial charge in [-0.3, -0.25) is 14.9 Å². The molecule has 7 heteroatoms. The van der Waals surface area contributed by atoms with E-state index < -0.39 is 4.92 Å². The minimum absolute atomic E-state index is 0.0506. The second kappa shape index (κ2) is 8.14. The number of hydrogen-bond acceptors (Lipinski definition) is 4. The van der Waals surface area contributed by atoms with Crippen molar-refractivity contribution >= 4 is 34.6 Å². The van der Waals surface area contributed by atoms with Crippen molar-refractivity contribution in [2.75, 3.05) is 17.2 Å². The van der Waals surface area contributed by atoms with Gasteiger partial charge in [-0.15, -0.1) is 0 Å². The van der Waals surface area contributed by atoms with Gasteiger partial charge in [-0.1, -0.05) is 23.7 Å². The zero-order valence-corrected chi connectivity index (χ0v) is 13.0. The van der Waals surface area contributed by atoms with Gasteiger partial charge in [0.25, 0.3) is 5.69 Å². The van der Waals surface area contributed by atoms with Gasteiger partial charge < -0.3 is 10.6 Å². The molecule has 0 atom stereocenters. The maximum Gasteiger partial charge on any atom is 0.269 e. The number of non-ortho nitro benzene ring substituents is 1. The number of rotatable bonds is 7. The fourth-order valence-electron chi connectivity index (χ4n) is 1.96. The van der Waals surface area contributed by atoms with E-state index in [1.54, 1.807) is 36.4 Å². The van der Waals surface area contributed by atoms with Crippen LogP contribution in [0.25, 0.3) is 0 Å². The molecule has 2 aromatic carbocycles. The lowest BCUT2D eigenvalue weighted by Gasteiger charge is -2.08. The summed E-state index contributed by atoms with van der Waals surface area (Å²) in [6.45, 7) is 0.591. The molecule has 0 aromatic heterocycles. The second-order valence-electron chi connectivity index (χ2n) is 4.86. The number of carbonyl (C=O) groups is 1. The van der Waals surface area contributed by atoms with Crippen LogP contribution in [0.3, 0.4) is 0 Å². The van der Waals surface area contributed by atoms with E-state index >= 15 is 0 Å². The summed E-state index contributed by atoms with van der Waals surface area (Å²) >= 11 is 5.97. The van der Waals surface area contributed by atoms with Gasteiger partial charge in [-0.2, -0.15) is 0 Å². The van der Waals surface area contributed by atoms with Crippen molar-refractivity contribution in [1.29, 1.82) is 0 Å². The summed E-state index contributed by atoms with van der Waals surface area (Å²) in [7, 11) is 0. The third-order valence-corrected chi connectivity index (χ3v) is 3.47. The van der Waals surface area contributed by atoms with Crippen molar-refractivity contribution in [2.24, 2.45) is 0 Å². The first kappa shape index (κ1) is 16.8. The molecule has 0 saturated carbocycles. The Balaban J connectivity index is 1.71. The van der Waals surface area contributed by atoms with Gasteiger partial charge in [0.1, 0.15) is 0 Å². The van der Waals surface area contributed by atoms with Crippen LogP contribution >= 0.6 is 11.6 Å². The zero-order chi connectivity index (χ0) is 16.7. The topological polar surface area (TPSA) is 84.3 Å². The Kier molecular flexibility index (Phi) is 5.94. The molecule has 6 nitrogen and oxygen atoms in total. The minimum Gasteiger partial charge on any atom is -0.385 e. The van der Waals surface area contributed by atoms with Gasteiger partial charge in [-0.05, 0) is 30.7 Å². The van der Waals surface area contributed by atoms with Gasteiger partial charge in [0, 0.05) is 30.8 Å². The van der Waals surface area contributed by atoms with E-state index in [0.717, 1.165) is 5.69 Å². The second-order valence-corrected chi connectivity index (χ2v) is 5.27. The predicted molar refractivity (Wildman–Crippen MR) is 90.9 cm³/mol. The Morgan fingerprint density at radius 3 is 2.48 bits per heavy atom. The number of benzene rings is 2. The summed E-state index contributed by atoms with van der Waals surface area (Å²) in [6, 6.07) is 13.2. The highest BCUT2D eigenvalue weighted by atomic mass is 35.5. The van der Waals surface area contributed by atoms with Crippen LogP contribution < -0.4 is 10.6 Å². The van der Waals surface area contributed by atoms with Crippen LogP contribution in [0.1, 0.15) is 12.8 Å². The molecule has 0 radical (unpaired) electrons. The summed E-state index contributed by atoms with van der Waals surface area (Å²) in [5, 5.41) is 16.9. The van der Waals surface area contributed by atoms with Gasteiger partial charge in [0.05, 0.1) is 15.6 Å². The molecule has 0 unspecified atom stereocenters. The smallest absolute Gasteiger partial charge is 0.269 e. The van der Waals surface area contributed by atoms with E-state index in [2.05, 4.69) is 10.6 Å². The Labute approximate surface area is 138 Å². The Morgan fingerprint density at radius 1 is 1.13 bits per heavy atom. The normalized spacial score (nSPS) is 10.1. The van der Waals surface area contributed by atoms with Gasteiger partial charge in [-0.25, -0.2) is 0 Å². The fraction of sp³-hybridized carbons (Fsp3) is 0.188. The third-order valence-electron chi connectivity index (χ3n) is 3.14. The minimum atomic E-state index is -0.442. The number of para-hydroxylation sites is 1. The summed E-state index contributed by atoms with van der Waals surface area (Å²) in [5.74, 6) is -0.108. The van der Waals surface area contributed by atoms with E-state index in [1.165, 1.54) is 12.1 Å². The highest BCUT2D eigenvalue weighted by Crippen LogP contribution is 2.20. The van der Waals surface area contributed by atoms with Gasteiger partial charge in [0.2, 0.25) is 5.91 Å². The number of nitro benzene ring substituents is 1. The first-order valence-corrected chi connectivity index (χ1v) is 7.47. The van der Waals surface area contributed by atoms with E-state index in [-0.39, 0.29) is 11.6 Å². The molecule has 0 bridgehead atoms. The molecule has 2 rings (SSSR count). The Bertz CT molecular complexity index is 689. The molecule has 0 aliphatic heterocycles. The van der Waals surface area contributed by atoms with Crippen LogP contribution in [0.2, 0.25) is 5.02 Å². The van der Waals surface area contributed by atoms with Crippen LogP contribution in [0, 0.1) is 10.1 Å². The summed E-state index contributed by atoms with van der Waals surface area (Å²) in [6.07, 6.45) is 0.985. The lowest BCUT2D eigenvalue weighted by atomic mass is 10.2. The maximum atomic E-state index is 11.8. The summed E-state index contributed by atoms with van der Waals surface area (Å²) in [5.41, 5.74) is 1.43. The molecule has 120 valence electrons. The number of nitrogens with one attached hydrogen (secondary N) is 2. The van der Waals surface area contributed by atoms with Crippen molar-refractivity contribution in [3.8, 4) is 0 Å². The SMILES string of the molecule is O=C(CCCNc1ccc([N+](=O)[O-])cc1)Nc1ccccc1Cl. The van der Waals surface area contributed by atoms with E-state index in [1.807, 2.05) is 0 Å². The average molecular weight is 334 g/mol. The molecule has 0 fully saturated rings. The monoisotopic (exact) mass is 333 g/mol. The largest absolute Gasteiger partial charge is 0.385 e.